The van der Waals surface area contributed by atoms with Crippen molar-refractivity contribution in [3.05, 3.63) is 29.8 Å². The third kappa shape index (κ3) is 2.01. The van der Waals surface area contributed by atoms with Crippen LogP contribution < -0.4 is 0 Å². The van der Waals surface area contributed by atoms with Crippen molar-refractivity contribution in [3.8, 4) is 0 Å². The van der Waals surface area contributed by atoms with Gasteiger partial charge in [-0.05, 0) is 38.2 Å². The Labute approximate surface area is 85.9 Å². The number of allylic oxidation sites excluding steroid dienone is 3. The molecule has 0 aromatic carbocycles. The number of aliphatic hydroxyl groups excluding tert-OH is 1. The normalized spacial score (nSPS) is 24.6. The first kappa shape index (κ1) is 9.78. The third-order valence-electron chi connectivity index (χ3n) is 3.02. The van der Waals surface area contributed by atoms with Gasteiger partial charge >= 0.3 is 0 Å². The maximum atomic E-state index is 9.42. The van der Waals surface area contributed by atoms with E-state index < -0.39 is 0 Å². The van der Waals surface area contributed by atoms with Crippen LogP contribution in [0.25, 0.3) is 0 Å². The second-order valence-electron chi connectivity index (χ2n) is 4.13. The summed E-state index contributed by atoms with van der Waals surface area (Å²) in [4.78, 5) is 2.39. The van der Waals surface area contributed by atoms with Crippen LogP contribution >= 0.6 is 0 Å². The maximum absolute atomic E-state index is 9.42. The van der Waals surface area contributed by atoms with E-state index >= 15 is 0 Å². The lowest BCUT2D eigenvalue weighted by molar-refractivity contribution is 0.0978. The van der Waals surface area contributed by atoms with Crippen LogP contribution in [0.3, 0.4) is 0 Å². The third-order valence-corrected chi connectivity index (χ3v) is 3.02. The van der Waals surface area contributed by atoms with Crippen LogP contribution in [-0.2, 0) is 0 Å². The first-order valence-electron chi connectivity index (χ1n) is 5.41. The lowest BCUT2D eigenvalue weighted by Crippen LogP contribution is -2.35. The zero-order chi connectivity index (χ0) is 9.97. The SMILES string of the molecule is CC1=C[CH]CC=C1N1CCC(O)CC1. The smallest absolute Gasteiger partial charge is 0.0574 e. The number of hydrogen-bond donors (Lipinski definition) is 1. The highest BCUT2D eigenvalue weighted by Crippen LogP contribution is 2.24. The molecule has 0 saturated carbocycles. The molecule has 1 N–H and O–H groups in total. The molecular weight excluding hydrogens is 174 g/mol. The standard InChI is InChI=1S/C12H18NO/c1-10-4-2-3-5-12(10)13-8-6-11(14)7-9-13/h2,4-5,11,14H,3,6-9H2,1H3. The Morgan fingerprint density at radius 3 is 2.71 bits per heavy atom. The Morgan fingerprint density at radius 1 is 1.36 bits per heavy atom. The molecule has 1 radical (unpaired) electrons. The Bertz CT molecular complexity index is 259. The van der Waals surface area contributed by atoms with Gasteiger partial charge in [-0.25, -0.2) is 0 Å². The Morgan fingerprint density at radius 2 is 2.07 bits per heavy atom. The van der Waals surface area contributed by atoms with E-state index in [0.29, 0.717) is 0 Å². The summed E-state index contributed by atoms with van der Waals surface area (Å²) < 4.78 is 0. The van der Waals surface area contributed by atoms with E-state index in [1.54, 1.807) is 0 Å². The molecule has 1 saturated heterocycles. The summed E-state index contributed by atoms with van der Waals surface area (Å²) in [7, 11) is 0. The molecule has 77 valence electrons. The molecule has 2 aliphatic rings. The van der Waals surface area contributed by atoms with Gasteiger partial charge < -0.3 is 10.0 Å². The first-order valence-corrected chi connectivity index (χ1v) is 5.41. The van der Waals surface area contributed by atoms with Crippen LogP contribution in [-0.4, -0.2) is 29.2 Å². The summed E-state index contributed by atoms with van der Waals surface area (Å²) in [6.45, 7) is 4.16. The number of likely N-dealkylation sites (tertiary alicyclic amines) is 1. The summed E-state index contributed by atoms with van der Waals surface area (Å²) in [5.74, 6) is 0. The van der Waals surface area contributed by atoms with E-state index in [0.717, 1.165) is 32.4 Å². The van der Waals surface area contributed by atoms with Gasteiger partial charge in [0.05, 0.1) is 6.10 Å². The molecule has 0 unspecified atom stereocenters. The molecule has 2 rings (SSSR count). The molecule has 14 heavy (non-hydrogen) atoms. The highest BCUT2D eigenvalue weighted by atomic mass is 16.3. The lowest BCUT2D eigenvalue weighted by atomic mass is 10.0. The van der Waals surface area contributed by atoms with Crippen LogP contribution in [0.1, 0.15) is 26.2 Å². The molecular formula is C12H18NO. The summed E-state index contributed by atoms with van der Waals surface area (Å²) in [5, 5.41) is 9.42. The van der Waals surface area contributed by atoms with Gasteiger partial charge in [0.25, 0.3) is 0 Å². The van der Waals surface area contributed by atoms with Crippen molar-refractivity contribution in [1.29, 1.82) is 0 Å². The second-order valence-corrected chi connectivity index (χ2v) is 4.13. The molecule has 0 atom stereocenters. The zero-order valence-electron chi connectivity index (χ0n) is 8.74. The molecule has 0 aromatic rings. The second kappa shape index (κ2) is 4.18. The zero-order valence-corrected chi connectivity index (χ0v) is 8.74. The summed E-state index contributed by atoms with van der Waals surface area (Å²) in [6, 6.07) is 0. The topological polar surface area (TPSA) is 23.5 Å². The van der Waals surface area contributed by atoms with Crippen molar-refractivity contribution >= 4 is 0 Å². The fourth-order valence-corrected chi connectivity index (χ4v) is 2.16. The van der Waals surface area contributed by atoms with Gasteiger partial charge in [0, 0.05) is 18.8 Å². The van der Waals surface area contributed by atoms with Crippen LogP contribution in [0.5, 0.6) is 0 Å². The van der Waals surface area contributed by atoms with E-state index in [2.05, 4.69) is 30.4 Å². The van der Waals surface area contributed by atoms with Crippen molar-refractivity contribution in [3.63, 3.8) is 0 Å². The van der Waals surface area contributed by atoms with E-state index in [9.17, 15) is 5.11 Å². The quantitative estimate of drug-likeness (QED) is 0.685. The van der Waals surface area contributed by atoms with Gasteiger partial charge in [0.1, 0.15) is 0 Å². The van der Waals surface area contributed by atoms with Crippen molar-refractivity contribution in [2.75, 3.05) is 13.1 Å². The fourth-order valence-electron chi connectivity index (χ4n) is 2.16. The van der Waals surface area contributed by atoms with E-state index in [1.807, 2.05) is 0 Å². The lowest BCUT2D eigenvalue weighted by Gasteiger charge is -2.34. The molecule has 0 amide bonds. The minimum atomic E-state index is -0.0775. The van der Waals surface area contributed by atoms with Gasteiger partial charge in [-0.3, -0.25) is 0 Å². The maximum Gasteiger partial charge on any atom is 0.0574 e. The molecule has 0 bridgehead atoms. The molecule has 1 fully saturated rings. The molecule has 1 aliphatic heterocycles. The average molecular weight is 192 g/mol. The average Bonchev–Trinajstić information content (AvgIpc) is 2.20. The number of nitrogens with zero attached hydrogens (tertiary/aromatic N) is 1. The number of piperidine rings is 1. The molecule has 2 nitrogen and oxygen atoms in total. The van der Waals surface area contributed by atoms with Crippen LogP contribution in [0.15, 0.2) is 23.4 Å². The van der Waals surface area contributed by atoms with Crippen LogP contribution in [0, 0.1) is 6.42 Å². The predicted octanol–water partition coefficient (Wildman–Crippen LogP) is 1.88. The van der Waals surface area contributed by atoms with E-state index in [1.165, 1.54) is 11.3 Å². The number of hydrogen-bond acceptors (Lipinski definition) is 2. The van der Waals surface area contributed by atoms with Crippen LogP contribution in [0.2, 0.25) is 0 Å². The van der Waals surface area contributed by atoms with Gasteiger partial charge in [0.15, 0.2) is 0 Å². The van der Waals surface area contributed by atoms with Gasteiger partial charge in [-0.1, -0.05) is 12.2 Å². The molecule has 2 heteroatoms. The Hall–Kier alpha value is -0.760. The summed E-state index contributed by atoms with van der Waals surface area (Å²) >= 11 is 0. The van der Waals surface area contributed by atoms with Crippen LogP contribution in [0.4, 0.5) is 0 Å². The minimum absolute atomic E-state index is 0.0775. The monoisotopic (exact) mass is 192 g/mol. The van der Waals surface area contributed by atoms with E-state index in [4.69, 9.17) is 0 Å². The Balaban J connectivity index is 2.01. The minimum Gasteiger partial charge on any atom is -0.393 e. The molecule has 0 aromatic heterocycles. The first-order chi connectivity index (χ1) is 6.77. The van der Waals surface area contributed by atoms with Crippen molar-refractivity contribution in [2.45, 2.75) is 32.3 Å². The number of rotatable bonds is 1. The largest absolute Gasteiger partial charge is 0.393 e. The highest BCUT2D eigenvalue weighted by Gasteiger charge is 2.20. The van der Waals surface area contributed by atoms with Gasteiger partial charge in [0.2, 0.25) is 0 Å². The predicted molar refractivity (Wildman–Crippen MR) is 57.6 cm³/mol. The van der Waals surface area contributed by atoms with Crippen molar-refractivity contribution < 1.29 is 5.11 Å². The van der Waals surface area contributed by atoms with Crippen molar-refractivity contribution in [1.82, 2.24) is 4.90 Å². The molecule has 1 heterocycles. The molecule has 0 spiro atoms. The van der Waals surface area contributed by atoms with E-state index in [-0.39, 0.29) is 6.10 Å². The van der Waals surface area contributed by atoms with Crippen molar-refractivity contribution in [2.24, 2.45) is 0 Å². The summed E-state index contributed by atoms with van der Waals surface area (Å²) in [5.41, 5.74) is 2.73. The number of aliphatic hydroxyl groups is 1. The Kier molecular flexibility index (Phi) is 2.92. The molecule has 1 aliphatic carbocycles. The van der Waals surface area contributed by atoms with Gasteiger partial charge in [-0.2, -0.15) is 0 Å². The van der Waals surface area contributed by atoms with Gasteiger partial charge in [-0.15, -0.1) is 0 Å². The fraction of sp³-hybridized carbons (Fsp3) is 0.583. The highest BCUT2D eigenvalue weighted by molar-refractivity contribution is 5.34. The summed E-state index contributed by atoms with van der Waals surface area (Å²) in [6.07, 6.45) is 9.46.